The minimum absolute atomic E-state index is 0.383. The van der Waals surface area contributed by atoms with Gasteiger partial charge in [0.25, 0.3) is 0 Å². The van der Waals surface area contributed by atoms with Crippen LogP contribution < -0.4 is 0 Å². The van der Waals surface area contributed by atoms with Crippen molar-refractivity contribution in [3.05, 3.63) is 0 Å². The summed E-state index contributed by atoms with van der Waals surface area (Å²) in [7, 11) is 0. The zero-order valence-corrected chi connectivity index (χ0v) is 12.3. The Morgan fingerprint density at radius 3 is 1.56 bits per heavy atom. The van der Waals surface area contributed by atoms with Gasteiger partial charge in [-0.3, -0.25) is 5.41 Å². The second-order valence-corrected chi connectivity index (χ2v) is 6.53. The molecule has 0 saturated heterocycles. The molecule has 2 aliphatic rings. The van der Waals surface area contributed by atoms with Crippen LogP contribution in [0.4, 0.5) is 0 Å². The van der Waals surface area contributed by atoms with Crippen LogP contribution in [0.1, 0.15) is 78.1 Å². The highest BCUT2D eigenvalue weighted by Gasteiger charge is 2.31. The van der Waals surface area contributed by atoms with Crippen molar-refractivity contribution < 1.29 is 0 Å². The Hall–Kier alpha value is -0.530. The molecule has 18 heavy (non-hydrogen) atoms. The Balaban J connectivity index is 2.07. The minimum atomic E-state index is 0.383. The Bertz CT molecular complexity index is 242. The Kier molecular flexibility index (Phi) is 5.08. The van der Waals surface area contributed by atoms with Gasteiger partial charge in [-0.15, -0.1) is 0 Å². The molecule has 2 nitrogen and oxygen atoms in total. The molecule has 2 rings (SSSR count). The summed E-state index contributed by atoms with van der Waals surface area (Å²) in [6, 6.07) is 1.36. The number of rotatable bonds is 3. The van der Waals surface area contributed by atoms with Crippen molar-refractivity contribution in [2.45, 2.75) is 90.1 Å². The molecule has 0 aromatic rings. The van der Waals surface area contributed by atoms with Crippen molar-refractivity contribution in [3.8, 4) is 0 Å². The average Bonchev–Trinajstić information content (AvgIpc) is 2.41. The molecule has 0 aliphatic heterocycles. The summed E-state index contributed by atoms with van der Waals surface area (Å²) in [5, 5.41) is 8.50. The van der Waals surface area contributed by atoms with E-state index < -0.39 is 0 Å². The van der Waals surface area contributed by atoms with Crippen molar-refractivity contribution in [2.24, 2.45) is 5.92 Å². The summed E-state index contributed by atoms with van der Waals surface area (Å²) in [4.78, 5) is 2.54. The van der Waals surface area contributed by atoms with Crippen molar-refractivity contribution in [2.75, 3.05) is 0 Å². The SMILES string of the molecule is CC(C)C(=N)N(C1CCCCC1)C1CCCCC1. The molecule has 2 aliphatic carbocycles. The zero-order valence-electron chi connectivity index (χ0n) is 12.3. The van der Waals surface area contributed by atoms with Crippen LogP contribution in [0.2, 0.25) is 0 Å². The molecular formula is C16H30N2. The first kappa shape index (κ1) is 13.9. The lowest BCUT2D eigenvalue weighted by Gasteiger charge is -2.44. The van der Waals surface area contributed by atoms with Crippen molar-refractivity contribution in [3.63, 3.8) is 0 Å². The van der Waals surface area contributed by atoms with Crippen LogP contribution in [0.15, 0.2) is 0 Å². The molecule has 2 fully saturated rings. The fourth-order valence-corrected chi connectivity index (χ4v) is 3.71. The topological polar surface area (TPSA) is 27.1 Å². The molecule has 1 N–H and O–H groups in total. The summed E-state index contributed by atoms with van der Waals surface area (Å²) < 4.78 is 0. The van der Waals surface area contributed by atoms with Gasteiger partial charge >= 0.3 is 0 Å². The largest absolute Gasteiger partial charge is 0.354 e. The predicted octanol–water partition coefficient (Wildman–Crippen LogP) is 4.59. The third-order valence-corrected chi connectivity index (χ3v) is 4.76. The van der Waals surface area contributed by atoms with Gasteiger partial charge in [0.2, 0.25) is 0 Å². The van der Waals surface area contributed by atoms with E-state index in [1.165, 1.54) is 64.2 Å². The van der Waals surface area contributed by atoms with E-state index in [-0.39, 0.29) is 0 Å². The normalized spacial score (nSPS) is 23.3. The molecule has 0 spiro atoms. The monoisotopic (exact) mass is 250 g/mol. The minimum Gasteiger partial charge on any atom is -0.354 e. The van der Waals surface area contributed by atoms with Crippen molar-refractivity contribution >= 4 is 5.84 Å². The highest BCUT2D eigenvalue weighted by Crippen LogP contribution is 2.31. The second kappa shape index (κ2) is 6.58. The summed E-state index contributed by atoms with van der Waals surface area (Å²) in [5.74, 6) is 1.29. The summed E-state index contributed by atoms with van der Waals surface area (Å²) >= 11 is 0. The molecule has 0 amide bonds. The van der Waals surface area contributed by atoms with Crippen LogP contribution in [0.25, 0.3) is 0 Å². The molecule has 2 heteroatoms. The van der Waals surface area contributed by atoms with Crippen molar-refractivity contribution in [1.29, 1.82) is 5.41 Å². The van der Waals surface area contributed by atoms with E-state index >= 15 is 0 Å². The van der Waals surface area contributed by atoms with E-state index in [0.717, 1.165) is 5.84 Å². The van der Waals surface area contributed by atoms with Gasteiger partial charge in [0.1, 0.15) is 0 Å². The van der Waals surface area contributed by atoms with Crippen LogP contribution in [0.5, 0.6) is 0 Å². The molecule has 2 saturated carbocycles. The third-order valence-electron chi connectivity index (χ3n) is 4.76. The fourth-order valence-electron chi connectivity index (χ4n) is 3.71. The summed E-state index contributed by atoms with van der Waals surface area (Å²) in [6.45, 7) is 4.36. The molecule has 0 unspecified atom stereocenters. The summed E-state index contributed by atoms with van der Waals surface area (Å²) in [6.07, 6.45) is 13.6. The van der Waals surface area contributed by atoms with Gasteiger partial charge in [-0.2, -0.15) is 0 Å². The lowest BCUT2D eigenvalue weighted by molar-refractivity contribution is 0.150. The molecule has 0 heterocycles. The van der Waals surface area contributed by atoms with E-state index in [9.17, 15) is 0 Å². The van der Waals surface area contributed by atoms with Gasteiger partial charge in [0, 0.05) is 18.0 Å². The van der Waals surface area contributed by atoms with Gasteiger partial charge < -0.3 is 4.90 Å². The van der Waals surface area contributed by atoms with E-state index in [2.05, 4.69) is 18.7 Å². The lowest BCUT2D eigenvalue weighted by atomic mass is 9.87. The zero-order chi connectivity index (χ0) is 13.0. The fraction of sp³-hybridized carbons (Fsp3) is 0.938. The van der Waals surface area contributed by atoms with Gasteiger partial charge in [0.15, 0.2) is 0 Å². The molecule has 104 valence electrons. The van der Waals surface area contributed by atoms with Crippen LogP contribution in [0, 0.1) is 11.3 Å². The van der Waals surface area contributed by atoms with Gasteiger partial charge in [-0.1, -0.05) is 52.4 Å². The van der Waals surface area contributed by atoms with Crippen LogP contribution in [-0.2, 0) is 0 Å². The Labute approximate surface area is 113 Å². The first-order valence-electron chi connectivity index (χ1n) is 8.07. The Morgan fingerprint density at radius 1 is 0.833 bits per heavy atom. The Morgan fingerprint density at radius 2 is 1.22 bits per heavy atom. The van der Waals surface area contributed by atoms with Crippen LogP contribution >= 0.6 is 0 Å². The molecule has 0 radical (unpaired) electrons. The number of nitrogens with one attached hydrogen (secondary N) is 1. The summed E-state index contributed by atoms with van der Waals surface area (Å²) in [5.41, 5.74) is 0. The number of nitrogens with zero attached hydrogens (tertiary/aromatic N) is 1. The van der Waals surface area contributed by atoms with Gasteiger partial charge in [-0.25, -0.2) is 0 Å². The lowest BCUT2D eigenvalue weighted by Crippen LogP contribution is -2.50. The first-order chi connectivity index (χ1) is 8.70. The molecular weight excluding hydrogens is 220 g/mol. The van der Waals surface area contributed by atoms with Crippen LogP contribution in [-0.4, -0.2) is 22.8 Å². The predicted molar refractivity (Wildman–Crippen MR) is 78.1 cm³/mol. The number of hydrogen-bond donors (Lipinski definition) is 1. The quantitative estimate of drug-likeness (QED) is 0.576. The molecule has 0 bridgehead atoms. The number of hydrogen-bond acceptors (Lipinski definition) is 1. The highest BCUT2D eigenvalue weighted by atomic mass is 15.2. The highest BCUT2D eigenvalue weighted by molar-refractivity contribution is 5.81. The van der Waals surface area contributed by atoms with Crippen molar-refractivity contribution in [1.82, 2.24) is 4.90 Å². The van der Waals surface area contributed by atoms with Gasteiger partial charge in [-0.05, 0) is 25.7 Å². The van der Waals surface area contributed by atoms with Crippen LogP contribution in [0.3, 0.4) is 0 Å². The number of amidine groups is 1. The molecule has 0 atom stereocenters. The second-order valence-electron chi connectivity index (χ2n) is 6.53. The first-order valence-corrected chi connectivity index (χ1v) is 8.07. The van der Waals surface area contributed by atoms with E-state index in [0.29, 0.717) is 18.0 Å². The molecule has 0 aromatic carbocycles. The molecule has 0 aromatic heterocycles. The third kappa shape index (κ3) is 3.27. The smallest absolute Gasteiger partial charge is 0.0988 e. The van der Waals surface area contributed by atoms with Gasteiger partial charge in [0.05, 0.1) is 5.84 Å². The van der Waals surface area contributed by atoms with E-state index in [4.69, 9.17) is 5.41 Å². The average molecular weight is 250 g/mol. The maximum Gasteiger partial charge on any atom is 0.0988 e. The maximum atomic E-state index is 8.50. The maximum absolute atomic E-state index is 8.50. The van der Waals surface area contributed by atoms with E-state index in [1.54, 1.807) is 0 Å². The van der Waals surface area contributed by atoms with E-state index in [1.807, 2.05) is 0 Å². The standard InChI is InChI=1S/C16H30N2/c1-13(2)16(17)18(14-9-5-3-6-10-14)15-11-7-4-8-12-15/h13-15,17H,3-12H2,1-2H3.